The molecule has 0 radical (unpaired) electrons. The van der Waals surface area contributed by atoms with E-state index in [9.17, 15) is 8.42 Å². The van der Waals surface area contributed by atoms with Gasteiger partial charge in [0.25, 0.3) is 0 Å². The van der Waals surface area contributed by atoms with Crippen molar-refractivity contribution in [2.45, 2.75) is 9.79 Å². The highest BCUT2D eigenvalue weighted by molar-refractivity contribution is 7.98. The van der Waals surface area contributed by atoms with Crippen LogP contribution in [0, 0.1) is 0 Å². The second-order valence-corrected chi connectivity index (χ2v) is 6.93. The lowest BCUT2D eigenvalue weighted by Crippen LogP contribution is -2.19. The third-order valence-corrected chi connectivity index (χ3v) is 4.99. The number of sulfonamides is 1. The van der Waals surface area contributed by atoms with Crippen molar-refractivity contribution in [1.82, 2.24) is 4.72 Å². The zero-order chi connectivity index (χ0) is 15.5. The molecule has 21 heavy (non-hydrogen) atoms. The molecule has 2 aromatic rings. The van der Waals surface area contributed by atoms with E-state index in [1.165, 1.54) is 13.1 Å². The third-order valence-electron chi connectivity index (χ3n) is 2.81. The first-order valence-corrected chi connectivity index (χ1v) is 8.82. The molecule has 0 amide bonds. The first-order chi connectivity index (χ1) is 9.96. The van der Waals surface area contributed by atoms with E-state index in [4.69, 9.17) is 10.5 Å². The molecule has 0 aliphatic carbocycles. The third kappa shape index (κ3) is 3.69. The number of nitrogens with one attached hydrogen (secondary N) is 1. The topological polar surface area (TPSA) is 81.4 Å². The molecule has 0 spiro atoms. The molecule has 112 valence electrons. The Morgan fingerprint density at radius 2 is 1.81 bits per heavy atom. The van der Waals surface area contributed by atoms with Gasteiger partial charge in [0, 0.05) is 10.6 Å². The van der Waals surface area contributed by atoms with E-state index in [1.54, 1.807) is 36.0 Å². The van der Waals surface area contributed by atoms with Crippen LogP contribution < -0.4 is 15.2 Å². The summed E-state index contributed by atoms with van der Waals surface area (Å²) < 4.78 is 32.0. The molecule has 0 fully saturated rings. The standard InChI is InChI=1S/C14H16N2O3S2/c1-16-21(17,18)14-9-10(15)3-8-13(14)19-11-4-6-12(20-2)7-5-11/h3-9,16H,15H2,1-2H3. The van der Waals surface area contributed by atoms with Crippen LogP contribution in [0.4, 0.5) is 5.69 Å². The van der Waals surface area contributed by atoms with E-state index in [0.717, 1.165) is 4.90 Å². The van der Waals surface area contributed by atoms with Gasteiger partial charge in [-0.05, 0) is 55.8 Å². The normalized spacial score (nSPS) is 11.3. The number of ether oxygens (including phenoxy) is 1. The van der Waals surface area contributed by atoms with Crippen LogP contribution in [0.5, 0.6) is 11.5 Å². The molecule has 0 saturated heterocycles. The van der Waals surface area contributed by atoms with Crippen LogP contribution >= 0.6 is 11.8 Å². The number of hydrogen-bond donors (Lipinski definition) is 2. The van der Waals surface area contributed by atoms with Gasteiger partial charge in [0.2, 0.25) is 10.0 Å². The number of thioether (sulfide) groups is 1. The summed E-state index contributed by atoms with van der Waals surface area (Å²) in [5.41, 5.74) is 6.02. The predicted molar refractivity (Wildman–Crippen MR) is 85.4 cm³/mol. The molecule has 0 aliphatic heterocycles. The lowest BCUT2D eigenvalue weighted by Gasteiger charge is -2.12. The second kappa shape index (κ2) is 6.38. The minimum absolute atomic E-state index is 0.0129. The molecule has 2 rings (SSSR count). The van der Waals surface area contributed by atoms with Crippen LogP contribution in [0.15, 0.2) is 52.3 Å². The highest BCUT2D eigenvalue weighted by Gasteiger charge is 2.18. The maximum atomic E-state index is 12.0. The number of nitrogens with two attached hydrogens (primary N) is 1. The fourth-order valence-electron chi connectivity index (χ4n) is 1.70. The molecule has 0 aromatic heterocycles. The summed E-state index contributed by atoms with van der Waals surface area (Å²) in [6.07, 6.45) is 1.98. The van der Waals surface area contributed by atoms with E-state index in [-0.39, 0.29) is 10.6 Å². The molecule has 5 nitrogen and oxygen atoms in total. The van der Waals surface area contributed by atoms with Crippen LogP contribution in [0.3, 0.4) is 0 Å². The summed E-state index contributed by atoms with van der Waals surface area (Å²) in [6.45, 7) is 0. The van der Waals surface area contributed by atoms with Gasteiger partial charge in [-0.1, -0.05) is 0 Å². The minimum Gasteiger partial charge on any atom is -0.456 e. The van der Waals surface area contributed by atoms with E-state index >= 15 is 0 Å². The summed E-state index contributed by atoms with van der Waals surface area (Å²) in [5.74, 6) is 0.792. The molecule has 2 aromatic carbocycles. The Kier molecular flexibility index (Phi) is 4.76. The van der Waals surface area contributed by atoms with Gasteiger partial charge in [-0.15, -0.1) is 11.8 Å². The van der Waals surface area contributed by atoms with E-state index in [0.29, 0.717) is 11.4 Å². The van der Waals surface area contributed by atoms with Crippen molar-refractivity contribution < 1.29 is 13.2 Å². The predicted octanol–water partition coefficient (Wildman–Crippen LogP) is 2.69. The molecular formula is C14H16N2O3S2. The van der Waals surface area contributed by atoms with Gasteiger partial charge in [0.1, 0.15) is 16.4 Å². The lowest BCUT2D eigenvalue weighted by atomic mass is 10.3. The van der Waals surface area contributed by atoms with Gasteiger partial charge in [0.15, 0.2) is 0 Å². The molecule has 3 N–H and O–H groups in total. The summed E-state index contributed by atoms with van der Waals surface area (Å²) >= 11 is 1.62. The Bertz CT molecular complexity index is 728. The number of rotatable bonds is 5. The van der Waals surface area contributed by atoms with Gasteiger partial charge in [0.05, 0.1) is 0 Å². The summed E-state index contributed by atoms with van der Waals surface area (Å²) in [6, 6.07) is 11.9. The fraction of sp³-hybridized carbons (Fsp3) is 0.143. The number of nitrogen functional groups attached to an aromatic ring is 1. The quantitative estimate of drug-likeness (QED) is 0.653. The van der Waals surface area contributed by atoms with E-state index < -0.39 is 10.0 Å². The van der Waals surface area contributed by atoms with Crippen molar-refractivity contribution in [2.24, 2.45) is 0 Å². The van der Waals surface area contributed by atoms with Crippen molar-refractivity contribution in [3.05, 3.63) is 42.5 Å². The fourth-order valence-corrected chi connectivity index (χ4v) is 2.99. The number of benzene rings is 2. The second-order valence-electron chi connectivity index (χ2n) is 4.19. The molecule has 0 unspecified atom stereocenters. The Balaban J connectivity index is 2.39. The molecule has 0 saturated carbocycles. The average Bonchev–Trinajstić information content (AvgIpc) is 2.49. The first-order valence-electron chi connectivity index (χ1n) is 6.11. The molecule has 0 bridgehead atoms. The highest BCUT2D eigenvalue weighted by atomic mass is 32.2. The lowest BCUT2D eigenvalue weighted by molar-refractivity contribution is 0.466. The number of anilines is 1. The number of hydrogen-bond acceptors (Lipinski definition) is 5. The average molecular weight is 324 g/mol. The monoisotopic (exact) mass is 324 g/mol. The summed E-state index contributed by atoms with van der Waals surface area (Å²) in [4.78, 5) is 1.11. The van der Waals surface area contributed by atoms with Crippen LogP contribution in [-0.2, 0) is 10.0 Å². The molecule has 0 atom stereocenters. The van der Waals surface area contributed by atoms with E-state index in [2.05, 4.69) is 4.72 Å². The van der Waals surface area contributed by atoms with Crippen LogP contribution in [-0.4, -0.2) is 21.7 Å². The van der Waals surface area contributed by atoms with Crippen LogP contribution in [0.2, 0.25) is 0 Å². The van der Waals surface area contributed by atoms with Crippen LogP contribution in [0.1, 0.15) is 0 Å². The molecular weight excluding hydrogens is 308 g/mol. The SMILES string of the molecule is CNS(=O)(=O)c1cc(N)ccc1Oc1ccc(SC)cc1. The van der Waals surface area contributed by atoms with Crippen molar-refractivity contribution in [2.75, 3.05) is 19.0 Å². The van der Waals surface area contributed by atoms with Gasteiger partial charge in [-0.3, -0.25) is 0 Å². The van der Waals surface area contributed by atoms with Crippen molar-refractivity contribution in [3.8, 4) is 11.5 Å². The van der Waals surface area contributed by atoms with Gasteiger partial charge in [-0.2, -0.15) is 0 Å². The maximum absolute atomic E-state index is 12.0. The molecule has 0 heterocycles. The molecule has 0 aliphatic rings. The Morgan fingerprint density at radius 3 is 2.38 bits per heavy atom. The Hall–Kier alpha value is -1.70. The zero-order valence-electron chi connectivity index (χ0n) is 11.7. The largest absolute Gasteiger partial charge is 0.456 e. The van der Waals surface area contributed by atoms with Gasteiger partial charge < -0.3 is 10.5 Å². The Morgan fingerprint density at radius 1 is 1.14 bits per heavy atom. The zero-order valence-corrected chi connectivity index (χ0v) is 13.3. The smallest absolute Gasteiger partial charge is 0.244 e. The summed E-state index contributed by atoms with van der Waals surface area (Å²) in [5, 5.41) is 0. The summed E-state index contributed by atoms with van der Waals surface area (Å²) in [7, 11) is -2.30. The minimum atomic E-state index is -3.64. The van der Waals surface area contributed by atoms with E-state index in [1.807, 2.05) is 18.4 Å². The van der Waals surface area contributed by atoms with Gasteiger partial charge in [-0.25, -0.2) is 13.1 Å². The van der Waals surface area contributed by atoms with Crippen molar-refractivity contribution >= 4 is 27.5 Å². The van der Waals surface area contributed by atoms with Crippen LogP contribution in [0.25, 0.3) is 0 Å². The highest BCUT2D eigenvalue weighted by Crippen LogP contribution is 2.31. The first kappa shape index (κ1) is 15.7. The maximum Gasteiger partial charge on any atom is 0.244 e. The van der Waals surface area contributed by atoms with Gasteiger partial charge >= 0.3 is 0 Å². The van der Waals surface area contributed by atoms with Crippen molar-refractivity contribution in [3.63, 3.8) is 0 Å². The van der Waals surface area contributed by atoms with Crippen molar-refractivity contribution in [1.29, 1.82) is 0 Å². The Labute approximate surface area is 128 Å². The molecule has 7 heteroatoms.